The molecule has 0 aliphatic carbocycles. The van der Waals surface area contributed by atoms with Gasteiger partial charge in [0.25, 0.3) is 0 Å². The van der Waals surface area contributed by atoms with Gasteiger partial charge in [0.15, 0.2) is 22.5 Å². The molecule has 1 atom stereocenters. The van der Waals surface area contributed by atoms with Gasteiger partial charge in [-0.2, -0.15) is 0 Å². The van der Waals surface area contributed by atoms with E-state index in [1.54, 1.807) is 18.2 Å². The van der Waals surface area contributed by atoms with Crippen LogP contribution in [0.4, 0.5) is 4.39 Å². The SMILES string of the molecule is CC(Sc1nnc(COc2ccccc2F)n1-c1ccccc1)C(=O)N1CCOCC1. The van der Waals surface area contributed by atoms with Crippen LogP contribution in [0.25, 0.3) is 5.69 Å². The Labute approximate surface area is 184 Å². The molecule has 0 bridgehead atoms. The Morgan fingerprint density at radius 3 is 2.58 bits per heavy atom. The number of hydrogen-bond donors (Lipinski definition) is 0. The number of morpholine rings is 1. The van der Waals surface area contributed by atoms with Gasteiger partial charge in [-0.15, -0.1) is 10.2 Å². The van der Waals surface area contributed by atoms with Gasteiger partial charge in [-0.1, -0.05) is 42.1 Å². The fourth-order valence-electron chi connectivity index (χ4n) is 3.26. The van der Waals surface area contributed by atoms with E-state index in [1.165, 1.54) is 17.8 Å². The molecule has 0 spiro atoms. The van der Waals surface area contributed by atoms with E-state index in [0.717, 1.165) is 5.69 Å². The van der Waals surface area contributed by atoms with Gasteiger partial charge >= 0.3 is 0 Å². The third-order valence-corrected chi connectivity index (χ3v) is 5.89. The number of para-hydroxylation sites is 2. The molecule has 7 nitrogen and oxygen atoms in total. The molecule has 0 saturated carbocycles. The van der Waals surface area contributed by atoms with E-state index in [-0.39, 0.29) is 23.5 Å². The van der Waals surface area contributed by atoms with E-state index in [0.29, 0.717) is 37.3 Å². The smallest absolute Gasteiger partial charge is 0.236 e. The first kappa shape index (κ1) is 21.3. The third-order valence-electron chi connectivity index (χ3n) is 4.86. The number of ether oxygens (including phenoxy) is 2. The molecule has 3 aromatic rings. The summed E-state index contributed by atoms with van der Waals surface area (Å²) in [6.07, 6.45) is 0. The first-order valence-electron chi connectivity index (χ1n) is 10.0. The Morgan fingerprint density at radius 2 is 1.84 bits per heavy atom. The van der Waals surface area contributed by atoms with Crippen molar-refractivity contribution in [2.24, 2.45) is 0 Å². The lowest BCUT2D eigenvalue weighted by Gasteiger charge is -2.28. The normalized spacial score (nSPS) is 15.0. The zero-order valence-electron chi connectivity index (χ0n) is 17.1. The quantitative estimate of drug-likeness (QED) is 0.523. The highest BCUT2D eigenvalue weighted by Gasteiger charge is 2.26. The average Bonchev–Trinajstić information content (AvgIpc) is 3.21. The number of carbonyl (C=O) groups excluding carboxylic acids is 1. The van der Waals surface area contributed by atoms with Crippen molar-refractivity contribution in [2.75, 3.05) is 26.3 Å². The molecule has 1 aromatic heterocycles. The lowest BCUT2D eigenvalue weighted by Crippen LogP contribution is -2.44. The summed E-state index contributed by atoms with van der Waals surface area (Å²) in [5.74, 6) is 0.269. The van der Waals surface area contributed by atoms with Crippen LogP contribution in [0.3, 0.4) is 0 Å². The zero-order valence-corrected chi connectivity index (χ0v) is 17.9. The summed E-state index contributed by atoms with van der Waals surface area (Å²) < 4.78 is 26.8. The third kappa shape index (κ3) is 5.05. The Bertz CT molecular complexity index is 1020. The molecule has 0 radical (unpaired) electrons. The number of nitrogens with zero attached hydrogens (tertiary/aromatic N) is 4. The van der Waals surface area contributed by atoms with Crippen LogP contribution in [0.1, 0.15) is 12.7 Å². The Kier molecular flexibility index (Phi) is 6.83. The number of benzene rings is 2. The van der Waals surface area contributed by atoms with Gasteiger partial charge in [0.05, 0.1) is 18.5 Å². The zero-order chi connectivity index (χ0) is 21.6. The molecule has 9 heteroatoms. The van der Waals surface area contributed by atoms with Crippen LogP contribution in [0, 0.1) is 5.82 Å². The summed E-state index contributed by atoms with van der Waals surface area (Å²) in [7, 11) is 0. The fraction of sp³-hybridized carbons (Fsp3) is 0.318. The molecule has 31 heavy (non-hydrogen) atoms. The Morgan fingerprint density at radius 1 is 1.13 bits per heavy atom. The number of thioether (sulfide) groups is 1. The van der Waals surface area contributed by atoms with Crippen LogP contribution in [0.2, 0.25) is 0 Å². The highest BCUT2D eigenvalue weighted by Crippen LogP contribution is 2.28. The fourth-order valence-corrected chi connectivity index (χ4v) is 4.23. The van der Waals surface area contributed by atoms with E-state index in [4.69, 9.17) is 9.47 Å². The number of rotatable bonds is 7. The van der Waals surface area contributed by atoms with Crippen molar-refractivity contribution >= 4 is 17.7 Å². The molecule has 1 fully saturated rings. The predicted octanol–water partition coefficient (Wildman–Crippen LogP) is 3.32. The van der Waals surface area contributed by atoms with Gasteiger partial charge in [-0.3, -0.25) is 9.36 Å². The van der Waals surface area contributed by atoms with E-state index in [2.05, 4.69) is 10.2 Å². The second-order valence-corrected chi connectivity index (χ2v) is 8.29. The molecular formula is C22H23FN4O3S. The molecule has 1 aliphatic rings. The van der Waals surface area contributed by atoms with E-state index in [9.17, 15) is 9.18 Å². The lowest BCUT2D eigenvalue weighted by molar-refractivity contribution is -0.134. The van der Waals surface area contributed by atoms with Crippen LogP contribution >= 0.6 is 11.8 Å². The first-order valence-corrected chi connectivity index (χ1v) is 10.9. The number of carbonyl (C=O) groups is 1. The van der Waals surface area contributed by atoms with Gasteiger partial charge in [0, 0.05) is 18.8 Å². The second-order valence-electron chi connectivity index (χ2n) is 6.99. The monoisotopic (exact) mass is 442 g/mol. The van der Waals surface area contributed by atoms with Crippen molar-refractivity contribution in [1.82, 2.24) is 19.7 Å². The maximum atomic E-state index is 13.9. The van der Waals surface area contributed by atoms with Gasteiger partial charge in [-0.05, 0) is 31.2 Å². The van der Waals surface area contributed by atoms with Crippen molar-refractivity contribution in [3.05, 3.63) is 66.2 Å². The average molecular weight is 443 g/mol. The first-order chi connectivity index (χ1) is 15.1. The molecule has 162 valence electrons. The minimum atomic E-state index is -0.437. The molecule has 4 rings (SSSR count). The number of hydrogen-bond acceptors (Lipinski definition) is 6. The van der Waals surface area contributed by atoms with Crippen molar-refractivity contribution in [2.45, 2.75) is 23.9 Å². The van der Waals surface area contributed by atoms with E-state index < -0.39 is 5.82 Å². The molecule has 1 aliphatic heterocycles. The summed E-state index contributed by atoms with van der Waals surface area (Å²) in [6.45, 7) is 4.20. The Hall–Kier alpha value is -2.91. The number of amides is 1. The van der Waals surface area contributed by atoms with Crippen molar-refractivity contribution in [3.63, 3.8) is 0 Å². The van der Waals surface area contributed by atoms with Crippen molar-refractivity contribution < 1.29 is 18.7 Å². The molecule has 1 amide bonds. The van der Waals surface area contributed by atoms with Gasteiger partial charge in [-0.25, -0.2) is 4.39 Å². The van der Waals surface area contributed by atoms with Crippen LogP contribution in [0.15, 0.2) is 59.8 Å². The maximum Gasteiger partial charge on any atom is 0.236 e. The predicted molar refractivity (Wildman–Crippen MR) is 115 cm³/mol. The summed E-state index contributed by atoms with van der Waals surface area (Å²) in [6, 6.07) is 15.8. The number of aromatic nitrogens is 3. The van der Waals surface area contributed by atoms with Crippen LogP contribution in [-0.2, 0) is 16.1 Å². The highest BCUT2D eigenvalue weighted by atomic mass is 32.2. The summed E-state index contributed by atoms with van der Waals surface area (Å²) in [5.41, 5.74) is 0.841. The number of halogens is 1. The molecule has 0 N–H and O–H groups in total. The molecule has 2 aromatic carbocycles. The van der Waals surface area contributed by atoms with Crippen molar-refractivity contribution in [1.29, 1.82) is 0 Å². The largest absolute Gasteiger partial charge is 0.483 e. The van der Waals surface area contributed by atoms with Crippen LogP contribution < -0.4 is 4.74 Å². The topological polar surface area (TPSA) is 69.5 Å². The van der Waals surface area contributed by atoms with E-state index in [1.807, 2.05) is 46.7 Å². The minimum absolute atomic E-state index is 0.0369. The Balaban J connectivity index is 1.56. The van der Waals surface area contributed by atoms with Gasteiger partial charge in [0.1, 0.15) is 6.61 Å². The lowest BCUT2D eigenvalue weighted by atomic mass is 10.3. The van der Waals surface area contributed by atoms with Crippen LogP contribution in [0.5, 0.6) is 5.75 Å². The standard InChI is InChI=1S/C22H23FN4O3S/c1-16(21(28)26-11-13-29-14-12-26)31-22-25-24-20(27(22)17-7-3-2-4-8-17)15-30-19-10-6-5-9-18(19)23/h2-10,16H,11-15H2,1H3. The summed E-state index contributed by atoms with van der Waals surface area (Å²) >= 11 is 1.34. The minimum Gasteiger partial charge on any atom is -0.483 e. The molecule has 2 heterocycles. The summed E-state index contributed by atoms with van der Waals surface area (Å²) in [4.78, 5) is 14.6. The second kappa shape index (κ2) is 9.93. The molecule has 1 unspecified atom stereocenters. The van der Waals surface area contributed by atoms with Gasteiger partial charge < -0.3 is 14.4 Å². The molecular weight excluding hydrogens is 419 g/mol. The molecule has 1 saturated heterocycles. The van der Waals surface area contributed by atoms with Crippen molar-refractivity contribution in [3.8, 4) is 11.4 Å². The van der Waals surface area contributed by atoms with E-state index >= 15 is 0 Å². The maximum absolute atomic E-state index is 13.9. The van der Waals surface area contributed by atoms with Gasteiger partial charge in [0.2, 0.25) is 5.91 Å². The summed E-state index contributed by atoms with van der Waals surface area (Å²) in [5, 5.41) is 8.80. The highest BCUT2D eigenvalue weighted by molar-refractivity contribution is 8.00. The van der Waals surface area contributed by atoms with Crippen LogP contribution in [-0.4, -0.2) is 57.1 Å².